The summed E-state index contributed by atoms with van der Waals surface area (Å²) in [4.78, 5) is 18.9. The van der Waals surface area contributed by atoms with E-state index in [1.807, 2.05) is 35.7 Å². The number of nitrogens with two attached hydrogens (primary N) is 1. The number of ether oxygens (including phenoxy) is 1. The van der Waals surface area contributed by atoms with Gasteiger partial charge in [-0.05, 0) is 29.1 Å². The van der Waals surface area contributed by atoms with Crippen LogP contribution in [-0.2, 0) is 13.2 Å². The van der Waals surface area contributed by atoms with Gasteiger partial charge >= 0.3 is 0 Å². The predicted octanol–water partition coefficient (Wildman–Crippen LogP) is 2.02. The Balaban J connectivity index is 1.77. The lowest BCUT2D eigenvalue weighted by Gasteiger charge is -2.06. The number of aromatic amines is 1. The molecule has 0 radical (unpaired) electrons. The summed E-state index contributed by atoms with van der Waals surface area (Å²) in [6.07, 6.45) is 0. The van der Waals surface area contributed by atoms with Crippen LogP contribution in [-0.4, -0.2) is 9.97 Å². The topological polar surface area (TPSA) is 81.0 Å². The van der Waals surface area contributed by atoms with Gasteiger partial charge in [0.15, 0.2) is 0 Å². The molecule has 1 aromatic carbocycles. The summed E-state index contributed by atoms with van der Waals surface area (Å²) in [5.41, 5.74) is 7.16. The van der Waals surface area contributed by atoms with Crippen LogP contribution in [0.25, 0.3) is 10.2 Å². The monoisotopic (exact) mass is 287 g/mol. The zero-order valence-electron chi connectivity index (χ0n) is 10.6. The SMILES string of the molecule is NCc1ccc(OCc2nc3ccsc3c(=O)[nH]2)cc1. The van der Waals surface area contributed by atoms with Crippen molar-refractivity contribution < 1.29 is 4.74 Å². The number of thiophene rings is 1. The van der Waals surface area contributed by atoms with E-state index in [9.17, 15) is 4.79 Å². The number of benzene rings is 1. The predicted molar refractivity (Wildman–Crippen MR) is 78.9 cm³/mol. The minimum absolute atomic E-state index is 0.123. The van der Waals surface area contributed by atoms with Crippen molar-refractivity contribution in [1.29, 1.82) is 0 Å². The van der Waals surface area contributed by atoms with Gasteiger partial charge in [-0.25, -0.2) is 4.98 Å². The van der Waals surface area contributed by atoms with Gasteiger partial charge in [0, 0.05) is 6.54 Å². The summed E-state index contributed by atoms with van der Waals surface area (Å²) in [5, 5.41) is 1.85. The quantitative estimate of drug-likeness (QED) is 0.769. The molecule has 0 aliphatic carbocycles. The van der Waals surface area contributed by atoms with Crippen molar-refractivity contribution in [3.63, 3.8) is 0 Å². The maximum Gasteiger partial charge on any atom is 0.268 e. The average Bonchev–Trinajstić information content (AvgIpc) is 2.94. The van der Waals surface area contributed by atoms with Crippen molar-refractivity contribution in [1.82, 2.24) is 9.97 Å². The van der Waals surface area contributed by atoms with Crippen molar-refractivity contribution in [2.45, 2.75) is 13.2 Å². The highest BCUT2D eigenvalue weighted by atomic mass is 32.1. The Bertz CT molecular complexity index is 777. The smallest absolute Gasteiger partial charge is 0.268 e. The fourth-order valence-corrected chi connectivity index (χ4v) is 2.59. The Labute approximate surface area is 119 Å². The minimum atomic E-state index is -0.123. The number of H-pyrrole nitrogens is 1. The lowest BCUT2D eigenvalue weighted by atomic mass is 10.2. The van der Waals surface area contributed by atoms with Gasteiger partial charge in [-0.2, -0.15) is 0 Å². The standard InChI is InChI=1S/C14H13N3O2S/c15-7-9-1-3-10(4-2-9)19-8-12-16-11-5-6-20-13(11)14(18)17-12/h1-6H,7-8,15H2,(H,16,17,18). The Hall–Kier alpha value is -2.18. The molecule has 2 heterocycles. The van der Waals surface area contributed by atoms with Crippen LogP contribution in [0.1, 0.15) is 11.4 Å². The maximum absolute atomic E-state index is 11.8. The molecule has 0 saturated heterocycles. The van der Waals surface area contributed by atoms with E-state index in [2.05, 4.69) is 9.97 Å². The molecule has 0 aliphatic heterocycles. The number of hydrogen-bond acceptors (Lipinski definition) is 5. The second kappa shape index (κ2) is 5.44. The molecule has 102 valence electrons. The molecule has 3 rings (SSSR count). The van der Waals surface area contributed by atoms with E-state index < -0.39 is 0 Å². The number of rotatable bonds is 4. The van der Waals surface area contributed by atoms with Crippen molar-refractivity contribution in [3.05, 3.63) is 57.5 Å². The van der Waals surface area contributed by atoms with E-state index in [1.54, 1.807) is 0 Å². The number of hydrogen-bond donors (Lipinski definition) is 2. The molecular formula is C14H13N3O2S. The van der Waals surface area contributed by atoms with Crippen molar-refractivity contribution in [2.24, 2.45) is 5.73 Å². The van der Waals surface area contributed by atoms with Gasteiger partial charge in [0.25, 0.3) is 5.56 Å². The van der Waals surface area contributed by atoms with Crippen molar-refractivity contribution in [2.75, 3.05) is 0 Å². The highest BCUT2D eigenvalue weighted by Gasteiger charge is 2.05. The number of aromatic nitrogens is 2. The number of nitrogens with one attached hydrogen (secondary N) is 1. The van der Waals surface area contributed by atoms with E-state index in [1.165, 1.54) is 11.3 Å². The number of nitrogens with zero attached hydrogens (tertiary/aromatic N) is 1. The molecule has 2 aromatic heterocycles. The average molecular weight is 287 g/mol. The second-order valence-electron chi connectivity index (χ2n) is 4.28. The summed E-state index contributed by atoms with van der Waals surface area (Å²) in [5.74, 6) is 1.24. The maximum atomic E-state index is 11.8. The molecule has 0 aliphatic rings. The van der Waals surface area contributed by atoms with E-state index in [4.69, 9.17) is 10.5 Å². The van der Waals surface area contributed by atoms with Crippen LogP contribution in [0.5, 0.6) is 5.75 Å². The third-order valence-electron chi connectivity index (χ3n) is 2.90. The van der Waals surface area contributed by atoms with Crippen LogP contribution in [0.3, 0.4) is 0 Å². The summed E-state index contributed by atoms with van der Waals surface area (Å²) < 4.78 is 6.24. The summed E-state index contributed by atoms with van der Waals surface area (Å²) >= 11 is 1.38. The molecule has 0 bridgehead atoms. The first-order valence-corrected chi connectivity index (χ1v) is 7.02. The fraction of sp³-hybridized carbons (Fsp3) is 0.143. The Morgan fingerprint density at radius 2 is 2.05 bits per heavy atom. The largest absolute Gasteiger partial charge is 0.486 e. The zero-order chi connectivity index (χ0) is 13.9. The van der Waals surface area contributed by atoms with Gasteiger partial charge < -0.3 is 15.5 Å². The molecule has 0 atom stereocenters. The molecule has 0 saturated carbocycles. The van der Waals surface area contributed by atoms with Crippen LogP contribution in [0.15, 0.2) is 40.5 Å². The number of fused-ring (bicyclic) bond motifs is 1. The van der Waals surface area contributed by atoms with Crippen molar-refractivity contribution >= 4 is 21.6 Å². The molecule has 0 amide bonds. The highest BCUT2D eigenvalue weighted by Crippen LogP contribution is 2.15. The van der Waals surface area contributed by atoms with E-state index in [0.717, 1.165) is 11.3 Å². The Kier molecular flexibility index (Phi) is 3.49. The van der Waals surface area contributed by atoms with E-state index >= 15 is 0 Å². The third kappa shape index (κ3) is 2.56. The first kappa shape index (κ1) is 12.8. The lowest BCUT2D eigenvalue weighted by Crippen LogP contribution is -2.12. The van der Waals surface area contributed by atoms with Crippen LogP contribution >= 0.6 is 11.3 Å². The van der Waals surface area contributed by atoms with Crippen LogP contribution in [0.4, 0.5) is 0 Å². The third-order valence-corrected chi connectivity index (χ3v) is 3.80. The molecule has 5 nitrogen and oxygen atoms in total. The van der Waals surface area contributed by atoms with Gasteiger partial charge in [0.05, 0.1) is 5.52 Å². The molecule has 0 unspecified atom stereocenters. The van der Waals surface area contributed by atoms with Crippen molar-refractivity contribution in [3.8, 4) is 5.75 Å². The Morgan fingerprint density at radius 3 is 2.80 bits per heavy atom. The van der Waals surface area contributed by atoms with Gasteiger partial charge in [0.2, 0.25) is 0 Å². The highest BCUT2D eigenvalue weighted by molar-refractivity contribution is 7.17. The molecule has 20 heavy (non-hydrogen) atoms. The lowest BCUT2D eigenvalue weighted by molar-refractivity contribution is 0.296. The van der Waals surface area contributed by atoms with Crippen LogP contribution in [0, 0.1) is 0 Å². The first-order valence-electron chi connectivity index (χ1n) is 6.14. The fourth-order valence-electron chi connectivity index (χ4n) is 1.86. The van der Waals surface area contributed by atoms with E-state index in [-0.39, 0.29) is 12.2 Å². The van der Waals surface area contributed by atoms with E-state index in [0.29, 0.717) is 22.6 Å². The van der Waals surface area contributed by atoms with Crippen LogP contribution in [0.2, 0.25) is 0 Å². The summed E-state index contributed by atoms with van der Waals surface area (Å²) in [6.45, 7) is 0.729. The van der Waals surface area contributed by atoms with Gasteiger partial charge in [-0.1, -0.05) is 12.1 Å². The molecular weight excluding hydrogens is 274 g/mol. The van der Waals surface area contributed by atoms with Crippen LogP contribution < -0.4 is 16.0 Å². The van der Waals surface area contributed by atoms with Gasteiger partial charge in [0.1, 0.15) is 22.9 Å². The second-order valence-corrected chi connectivity index (χ2v) is 5.20. The molecule has 3 aromatic rings. The summed E-state index contributed by atoms with van der Waals surface area (Å²) in [6, 6.07) is 9.35. The molecule has 0 spiro atoms. The normalized spacial score (nSPS) is 10.8. The minimum Gasteiger partial charge on any atom is -0.486 e. The first-order chi connectivity index (χ1) is 9.76. The molecule has 6 heteroatoms. The molecule has 3 N–H and O–H groups in total. The molecule has 0 fully saturated rings. The summed E-state index contributed by atoms with van der Waals surface area (Å²) in [7, 11) is 0. The van der Waals surface area contributed by atoms with Gasteiger partial charge in [-0.15, -0.1) is 11.3 Å². The Morgan fingerprint density at radius 1 is 1.25 bits per heavy atom. The zero-order valence-corrected chi connectivity index (χ0v) is 11.4. The van der Waals surface area contributed by atoms with Gasteiger partial charge in [-0.3, -0.25) is 4.79 Å².